The number of nitrogens with one attached hydrogen (secondary N) is 2. The molecule has 5 nitrogen and oxygen atoms in total. The lowest BCUT2D eigenvalue weighted by molar-refractivity contribution is 0.102. The zero-order valence-corrected chi connectivity index (χ0v) is 13.7. The molecule has 0 atom stereocenters. The fourth-order valence-corrected chi connectivity index (χ4v) is 2.54. The first-order valence-corrected chi connectivity index (χ1v) is 8.70. The molecule has 1 amide bonds. The number of carbonyl (C=O) groups excluding carboxylic acids is 1. The molecule has 0 unspecified atom stereocenters. The van der Waals surface area contributed by atoms with E-state index in [1.807, 2.05) is 0 Å². The van der Waals surface area contributed by atoms with E-state index in [2.05, 4.69) is 10.0 Å². The molecule has 0 aliphatic rings. The van der Waals surface area contributed by atoms with E-state index in [1.165, 1.54) is 43.3 Å². The monoisotopic (exact) mass is 356 g/mol. The standard InChI is InChI=1S/C15H14ClFN2O3S/c1-2-23(21,22)19-11-5-3-10(4-6-11)15(20)18-12-7-8-14(17)13(16)9-12/h3-9,19H,2H2,1H3,(H,18,20). The van der Waals surface area contributed by atoms with Crippen molar-refractivity contribution in [3.63, 3.8) is 0 Å². The number of carbonyl (C=O) groups is 1. The van der Waals surface area contributed by atoms with Gasteiger partial charge in [-0.3, -0.25) is 9.52 Å². The molecule has 122 valence electrons. The summed E-state index contributed by atoms with van der Waals surface area (Å²) >= 11 is 5.65. The molecule has 2 N–H and O–H groups in total. The maximum atomic E-state index is 13.1. The second-order valence-corrected chi connectivity index (χ2v) is 7.08. The Hall–Kier alpha value is -2.12. The van der Waals surface area contributed by atoms with Crippen molar-refractivity contribution < 1.29 is 17.6 Å². The minimum absolute atomic E-state index is 0.0411. The van der Waals surface area contributed by atoms with Gasteiger partial charge in [-0.2, -0.15) is 0 Å². The van der Waals surface area contributed by atoms with Gasteiger partial charge in [-0.15, -0.1) is 0 Å². The second-order valence-electron chi connectivity index (χ2n) is 4.67. The Morgan fingerprint density at radius 1 is 1.13 bits per heavy atom. The van der Waals surface area contributed by atoms with E-state index in [1.54, 1.807) is 0 Å². The van der Waals surface area contributed by atoms with E-state index in [4.69, 9.17) is 11.6 Å². The van der Waals surface area contributed by atoms with Gasteiger partial charge in [0.1, 0.15) is 5.82 Å². The lowest BCUT2D eigenvalue weighted by atomic mass is 10.2. The SMILES string of the molecule is CCS(=O)(=O)Nc1ccc(C(=O)Nc2ccc(F)c(Cl)c2)cc1. The van der Waals surface area contributed by atoms with Crippen molar-refractivity contribution in [1.82, 2.24) is 0 Å². The molecule has 2 aromatic rings. The molecule has 0 aliphatic carbocycles. The van der Waals surface area contributed by atoms with Crippen LogP contribution in [0.4, 0.5) is 15.8 Å². The maximum absolute atomic E-state index is 13.1. The van der Waals surface area contributed by atoms with Crippen LogP contribution >= 0.6 is 11.6 Å². The lowest BCUT2D eigenvalue weighted by Crippen LogP contribution is -2.15. The molecule has 2 aromatic carbocycles. The highest BCUT2D eigenvalue weighted by Gasteiger charge is 2.10. The first-order valence-electron chi connectivity index (χ1n) is 6.67. The Labute approximate surface area is 138 Å². The third kappa shape index (κ3) is 4.67. The van der Waals surface area contributed by atoms with E-state index in [9.17, 15) is 17.6 Å². The van der Waals surface area contributed by atoms with E-state index >= 15 is 0 Å². The van der Waals surface area contributed by atoms with Crippen LogP contribution in [-0.4, -0.2) is 20.1 Å². The summed E-state index contributed by atoms with van der Waals surface area (Å²) in [4.78, 5) is 12.1. The summed E-state index contributed by atoms with van der Waals surface area (Å²) in [7, 11) is -3.36. The second kappa shape index (κ2) is 6.97. The number of amides is 1. The minimum atomic E-state index is -3.36. The topological polar surface area (TPSA) is 75.3 Å². The molecular formula is C15H14ClFN2O3S. The molecular weight excluding hydrogens is 343 g/mol. The maximum Gasteiger partial charge on any atom is 0.255 e. The molecule has 0 fully saturated rings. The van der Waals surface area contributed by atoms with Crippen LogP contribution in [0.1, 0.15) is 17.3 Å². The van der Waals surface area contributed by atoms with Crippen molar-refractivity contribution in [1.29, 1.82) is 0 Å². The molecule has 0 aromatic heterocycles. The van der Waals surface area contributed by atoms with Gasteiger partial charge in [-0.25, -0.2) is 12.8 Å². The molecule has 0 saturated carbocycles. The van der Waals surface area contributed by atoms with Gasteiger partial charge >= 0.3 is 0 Å². The molecule has 0 radical (unpaired) electrons. The first kappa shape index (κ1) is 17.2. The summed E-state index contributed by atoms with van der Waals surface area (Å²) in [6.07, 6.45) is 0. The first-order chi connectivity index (χ1) is 10.8. The summed E-state index contributed by atoms with van der Waals surface area (Å²) in [5, 5.41) is 2.49. The number of halogens is 2. The smallest absolute Gasteiger partial charge is 0.255 e. The van der Waals surface area contributed by atoms with Gasteiger partial charge < -0.3 is 5.32 Å². The van der Waals surface area contributed by atoms with E-state index in [0.29, 0.717) is 16.9 Å². The van der Waals surface area contributed by atoms with Crippen LogP contribution < -0.4 is 10.0 Å². The fourth-order valence-electron chi connectivity index (χ4n) is 1.72. The predicted octanol–water partition coefficient (Wildman–Crippen LogP) is 3.49. The van der Waals surface area contributed by atoms with Crippen LogP contribution in [0.25, 0.3) is 0 Å². The van der Waals surface area contributed by atoms with Crippen LogP contribution in [0.3, 0.4) is 0 Å². The van der Waals surface area contributed by atoms with E-state index in [-0.39, 0.29) is 10.8 Å². The molecule has 8 heteroatoms. The Kier molecular flexibility index (Phi) is 5.23. The van der Waals surface area contributed by atoms with Crippen molar-refractivity contribution >= 4 is 38.9 Å². The molecule has 0 spiro atoms. The average molecular weight is 357 g/mol. The number of benzene rings is 2. The van der Waals surface area contributed by atoms with Crippen molar-refractivity contribution in [3.05, 3.63) is 58.9 Å². The average Bonchev–Trinajstić information content (AvgIpc) is 2.51. The lowest BCUT2D eigenvalue weighted by Gasteiger charge is -2.08. The minimum Gasteiger partial charge on any atom is -0.322 e. The van der Waals surface area contributed by atoms with E-state index < -0.39 is 21.7 Å². The van der Waals surface area contributed by atoms with Crippen molar-refractivity contribution in [2.75, 3.05) is 15.8 Å². The fraction of sp³-hybridized carbons (Fsp3) is 0.133. The van der Waals surface area contributed by atoms with Crippen LogP contribution in [0, 0.1) is 5.82 Å². The van der Waals surface area contributed by atoms with Crippen molar-refractivity contribution in [3.8, 4) is 0 Å². The number of sulfonamides is 1. The zero-order valence-electron chi connectivity index (χ0n) is 12.1. The van der Waals surface area contributed by atoms with E-state index in [0.717, 1.165) is 6.07 Å². The van der Waals surface area contributed by atoms with Crippen LogP contribution in [0.2, 0.25) is 5.02 Å². The Morgan fingerprint density at radius 3 is 2.30 bits per heavy atom. The largest absolute Gasteiger partial charge is 0.322 e. The predicted molar refractivity (Wildman–Crippen MR) is 88.9 cm³/mol. The summed E-state index contributed by atoms with van der Waals surface area (Å²) in [5.74, 6) is -1.03. The molecule has 2 rings (SSSR count). The van der Waals surface area contributed by atoms with Crippen molar-refractivity contribution in [2.24, 2.45) is 0 Å². The highest BCUT2D eigenvalue weighted by Crippen LogP contribution is 2.20. The zero-order chi connectivity index (χ0) is 17.0. The summed E-state index contributed by atoms with van der Waals surface area (Å²) in [5.41, 5.74) is 1.05. The Bertz CT molecular complexity index is 823. The summed E-state index contributed by atoms with van der Waals surface area (Å²) < 4.78 is 38.4. The number of anilines is 2. The highest BCUT2D eigenvalue weighted by atomic mass is 35.5. The summed E-state index contributed by atoms with van der Waals surface area (Å²) in [6, 6.07) is 9.78. The molecule has 0 aliphatic heterocycles. The molecule has 0 bridgehead atoms. The third-order valence-electron chi connectivity index (χ3n) is 2.98. The van der Waals surface area contributed by atoms with Gasteiger partial charge in [0.25, 0.3) is 5.91 Å². The third-order valence-corrected chi connectivity index (χ3v) is 4.57. The number of hydrogen-bond donors (Lipinski definition) is 2. The van der Waals surface area contributed by atoms with Gasteiger partial charge in [-0.1, -0.05) is 11.6 Å². The van der Waals surface area contributed by atoms with Crippen LogP contribution in [0.15, 0.2) is 42.5 Å². The Morgan fingerprint density at radius 2 is 1.74 bits per heavy atom. The van der Waals surface area contributed by atoms with Gasteiger partial charge in [0, 0.05) is 16.9 Å². The van der Waals surface area contributed by atoms with Crippen LogP contribution in [0.5, 0.6) is 0 Å². The Balaban J connectivity index is 2.09. The number of rotatable bonds is 5. The van der Waals surface area contributed by atoms with Gasteiger partial charge in [0.15, 0.2) is 0 Å². The quantitative estimate of drug-likeness (QED) is 0.861. The molecule has 0 heterocycles. The highest BCUT2D eigenvalue weighted by molar-refractivity contribution is 7.92. The van der Waals surface area contributed by atoms with Gasteiger partial charge in [0.05, 0.1) is 10.8 Å². The van der Waals surface area contributed by atoms with Gasteiger partial charge in [-0.05, 0) is 49.4 Å². The van der Waals surface area contributed by atoms with Gasteiger partial charge in [0.2, 0.25) is 10.0 Å². The number of hydrogen-bond acceptors (Lipinski definition) is 3. The molecule has 0 saturated heterocycles. The van der Waals surface area contributed by atoms with Crippen LogP contribution in [-0.2, 0) is 10.0 Å². The summed E-state index contributed by atoms with van der Waals surface area (Å²) in [6.45, 7) is 1.53. The normalized spacial score (nSPS) is 11.1. The molecule has 23 heavy (non-hydrogen) atoms. The van der Waals surface area contributed by atoms with Crippen molar-refractivity contribution in [2.45, 2.75) is 6.92 Å².